The summed E-state index contributed by atoms with van der Waals surface area (Å²) >= 11 is 0. The molecule has 124 valence electrons. The predicted molar refractivity (Wildman–Crippen MR) is 96.5 cm³/mol. The summed E-state index contributed by atoms with van der Waals surface area (Å²) in [5, 5.41) is 7.93. The molecule has 0 aliphatic heterocycles. The molecular formula is C19H23N5. The second kappa shape index (κ2) is 6.83. The Balaban J connectivity index is 1.83. The minimum absolute atomic E-state index is 0.310. The van der Waals surface area contributed by atoms with Crippen LogP contribution in [0.3, 0.4) is 0 Å². The quantitative estimate of drug-likeness (QED) is 0.771. The Morgan fingerprint density at radius 1 is 1.04 bits per heavy atom. The molecule has 0 spiro atoms. The molecule has 0 saturated carbocycles. The van der Waals surface area contributed by atoms with E-state index in [1.165, 1.54) is 5.56 Å². The van der Waals surface area contributed by atoms with E-state index in [0.717, 1.165) is 28.7 Å². The lowest BCUT2D eigenvalue weighted by Gasteiger charge is -2.13. The van der Waals surface area contributed by atoms with Crippen LogP contribution >= 0.6 is 0 Å². The first kappa shape index (κ1) is 16.2. The second-order valence-electron chi connectivity index (χ2n) is 6.29. The van der Waals surface area contributed by atoms with Gasteiger partial charge in [-0.05, 0) is 31.5 Å². The van der Waals surface area contributed by atoms with Crippen molar-refractivity contribution in [3.05, 3.63) is 65.4 Å². The summed E-state index contributed by atoms with van der Waals surface area (Å²) < 4.78 is 1.91. The fourth-order valence-corrected chi connectivity index (χ4v) is 2.56. The molecule has 24 heavy (non-hydrogen) atoms. The molecule has 0 saturated heterocycles. The molecule has 0 amide bonds. The number of hydrogen-bond acceptors (Lipinski definition) is 4. The highest BCUT2D eigenvalue weighted by Gasteiger charge is 2.08. The van der Waals surface area contributed by atoms with Gasteiger partial charge in [0.05, 0.1) is 11.4 Å². The van der Waals surface area contributed by atoms with E-state index in [1.54, 1.807) is 0 Å². The first-order chi connectivity index (χ1) is 11.5. The Bertz CT molecular complexity index is 835. The molecule has 2 aromatic heterocycles. The zero-order chi connectivity index (χ0) is 17.1. The molecule has 0 radical (unpaired) electrons. The first-order valence-electron chi connectivity index (χ1n) is 8.23. The summed E-state index contributed by atoms with van der Waals surface area (Å²) in [4.78, 5) is 9.10. The van der Waals surface area contributed by atoms with Crippen LogP contribution in [0.1, 0.15) is 42.5 Å². The smallest absolute Gasteiger partial charge is 0.133 e. The standard InChI is InChI=1S/C19H23N5/c1-13(2)19-21-15(4)11-18(22-19)20-12-16-7-5-6-8-17(16)24-10-9-14(3)23-24/h5-11,13H,12H2,1-4H3,(H,20,21,22). The molecule has 5 heteroatoms. The normalized spacial score (nSPS) is 11.0. The number of benzene rings is 1. The zero-order valence-corrected chi connectivity index (χ0v) is 14.6. The molecule has 0 unspecified atom stereocenters. The zero-order valence-electron chi connectivity index (χ0n) is 14.6. The van der Waals surface area contributed by atoms with Gasteiger partial charge in [-0.2, -0.15) is 5.10 Å². The molecule has 1 aromatic carbocycles. The monoisotopic (exact) mass is 321 g/mol. The molecule has 0 fully saturated rings. The summed E-state index contributed by atoms with van der Waals surface area (Å²) in [5.74, 6) is 2.04. The average molecular weight is 321 g/mol. The number of nitrogens with zero attached hydrogens (tertiary/aromatic N) is 4. The van der Waals surface area contributed by atoms with E-state index >= 15 is 0 Å². The SMILES string of the molecule is Cc1cc(NCc2ccccc2-n2ccc(C)n2)nc(C(C)C)n1. The number of nitrogens with one attached hydrogen (secondary N) is 1. The van der Waals surface area contributed by atoms with Gasteiger partial charge in [0.25, 0.3) is 0 Å². The van der Waals surface area contributed by atoms with Crippen LogP contribution in [0.15, 0.2) is 42.6 Å². The first-order valence-corrected chi connectivity index (χ1v) is 8.23. The van der Waals surface area contributed by atoms with E-state index < -0.39 is 0 Å². The Morgan fingerprint density at radius 3 is 2.54 bits per heavy atom. The van der Waals surface area contributed by atoms with Crippen molar-refractivity contribution in [3.63, 3.8) is 0 Å². The highest BCUT2D eigenvalue weighted by Crippen LogP contribution is 2.18. The van der Waals surface area contributed by atoms with Gasteiger partial charge in [-0.3, -0.25) is 0 Å². The summed E-state index contributed by atoms with van der Waals surface area (Å²) in [6.45, 7) is 8.89. The Kier molecular flexibility index (Phi) is 4.60. The van der Waals surface area contributed by atoms with Crippen LogP contribution in [0.25, 0.3) is 5.69 Å². The fraction of sp³-hybridized carbons (Fsp3) is 0.316. The molecule has 5 nitrogen and oxygen atoms in total. The minimum atomic E-state index is 0.310. The molecule has 0 atom stereocenters. The summed E-state index contributed by atoms with van der Waals surface area (Å²) in [6, 6.07) is 12.2. The van der Waals surface area contributed by atoms with Crippen LogP contribution in [0.2, 0.25) is 0 Å². The third-order valence-corrected chi connectivity index (χ3v) is 3.81. The molecular weight excluding hydrogens is 298 g/mol. The molecule has 2 heterocycles. The number of anilines is 1. The van der Waals surface area contributed by atoms with Gasteiger partial charge >= 0.3 is 0 Å². The van der Waals surface area contributed by atoms with Crippen molar-refractivity contribution in [2.75, 3.05) is 5.32 Å². The van der Waals surface area contributed by atoms with Gasteiger partial charge in [0.15, 0.2) is 0 Å². The summed E-state index contributed by atoms with van der Waals surface area (Å²) in [5.41, 5.74) is 4.23. The Labute approximate surface area is 142 Å². The highest BCUT2D eigenvalue weighted by molar-refractivity contribution is 5.44. The average Bonchev–Trinajstić information content (AvgIpc) is 2.99. The van der Waals surface area contributed by atoms with Gasteiger partial charge in [-0.15, -0.1) is 0 Å². The van der Waals surface area contributed by atoms with Crippen LogP contribution in [0, 0.1) is 13.8 Å². The van der Waals surface area contributed by atoms with Crippen LogP contribution in [0.5, 0.6) is 0 Å². The van der Waals surface area contributed by atoms with Crippen molar-refractivity contribution < 1.29 is 0 Å². The van der Waals surface area contributed by atoms with E-state index in [4.69, 9.17) is 0 Å². The lowest BCUT2D eigenvalue weighted by atomic mass is 10.1. The van der Waals surface area contributed by atoms with Gasteiger partial charge < -0.3 is 5.32 Å². The van der Waals surface area contributed by atoms with Crippen molar-refractivity contribution >= 4 is 5.82 Å². The number of aromatic nitrogens is 4. The maximum atomic E-state index is 4.61. The van der Waals surface area contributed by atoms with Crippen molar-refractivity contribution in [1.82, 2.24) is 19.7 Å². The van der Waals surface area contributed by atoms with Crippen molar-refractivity contribution in [2.45, 2.75) is 40.2 Å². The minimum Gasteiger partial charge on any atom is -0.366 e. The summed E-state index contributed by atoms with van der Waals surface area (Å²) in [7, 11) is 0. The van der Waals surface area contributed by atoms with Crippen molar-refractivity contribution in [3.8, 4) is 5.69 Å². The summed E-state index contributed by atoms with van der Waals surface area (Å²) in [6.07, 6.45) is 1.99. The van der Waals surface area contributed by atoms with E-state index in [2.05, 4.69) is 46.4 Å². The van der Waals surface area contributed by atoms with Gasteiger partial charge in [0.1, 0.15) is 11.6 Å². The second-order valence-corrected chi connectivity index (χ2v) is 6.29. The van der Waals surface area contributed by atoms with Gasteiger partial charge in [-0.25, -0.2) is 14.6 Å². The lowest BCUT2D eigenvalue weighted by molar-refractivity contribution is 0.766. The van der Waals surface area contributed by atoms with E-state index in [9.17, 15) is 0 Å². The van der Waals surface area contributed by atoms with Crippen LogP contribution < -0.4 is 5.32 Å². The van der Waals surface area contributed by atoms with Gasteiger partial charge in [-0.1, -0.05) is 32.0 Å². The fourth-order valence-electron chi connectivity index (χ4n) is 2.56. The van der Waals surface area contributed by atoms with Gasteiger partial charge in [0, 0.05) is 30.4 Å². The number of aryl methyl sites for hydroxylation is 2. The van der Waals surface area contributed by atoms with Gasteiger partial charge in [0.2, 0.25) is 0 Å². The lowest BCUT2D eigenvalue weighted by Crippen LogP contribution is -2.09. The Morgan fingerprint density at radius 2 is 1.83 bits per heavy atom. The van der Waals surface area contributed by atoms with E-state index in [0.29, 0.717) is 12.5 Å². The third-order valence-electron chi connectivity index (χ3n) is 3.81. The van der Waals surface area contributed by atoms with Crippen molar-refractivity contribution in [2.24, 2.45) is 0 Å². The topological polar surface area (TPSA) is 55.6 Å². The van der Waals surface area contributed by atoms with Crippen LogP contribution in [-0.2, 0) is 6.54 Å². The number of para-hydroxylation sites is 1. The van der Waals surface area contributed by atoms with E-state index in [1.807, 2.05) is 49.0 Å². The Hall–Kier alpha value is -2.69. The number of rotatable bonds is 5. The van der Waals surface area contributed by atoms with Crippen molar-refractivity contribution in [1.29, 1.82) is 0 Å². The molecule has 3 aromatic rings. The predicted octanol–water partition coefficient (Wildman–Crippen LogP) is 4.01. The maximum Gasteiger partial charge on any atom is 0.133 e. The molecule has 1 N–H and O–H groups in total. The number of hydrogen-bond donors (Lipinski definition) is 1. The molecule has 0 bridgehead atoms. The van der Waals surface area contributed by atoms with Crippen LogP contribution in [-0.4, -0.2) is 19.7 Å². The van der Waals surface area contributed by atoms with Crippen LogP contribution in [0.4, 0.5) is 5.82 Å². The molecule has 0 aliphatic carbocycles. The highest BCUT2D eigenvalue weighted by atomic mass is 15.3. The molecule has 0 aliphatic rings. The third kappa shape index (κ3) is 3.62. The van der Waals surface area contributed by atoms with E-state index in [-0.39, 0.29) is 0 Å². The molecule has 3 rings (SSSR count). The largest absolute Gasteiger partial charge is 0.366 e. The maximum absolute atomic E-state index is 4.61.